The molecule has 0 fully saturated rings. The van der Waals surface area contributed by atoms with Crippen LogP contribution in [0, 0.1) is 0 Å². The molecule has 0 aliphatic rings. The van der Waals surface area contributed by atoms with Crippen LogP contribution in [0.1, 0.15) is 26.2 Å². The van der Waals surface area contributed by atoms with Gasteiger partial charge in [0.1, 0.15) is 0 Å². The summed E-state index contributed by atoms with van der Waals surface area (Å²) in [7, 11) is 1.99. The predicted molar refractivity (Wildman–Crippen MR) is 57.1 cm³/mol. The number of hydrazone groups is 1. The number of nitrogens with two attached hydrogens (primary N) is 1. The van der Waals surface area contributed by atoms with Crippen LogP contribution in [0.3, 0.4) is 0 Å². The van der Waals surface area contributed by atoms with E-state index in [0.29, 0.717) is 5.54 Å². The van der Waals surface area contributed by atoms with E-state index < -0.39 is 9.28 Å². The highest BCUT2D eigenvalue weighted by Crippen LogP contribution is 2.21. The van der Waals surface area contributed by atoms with Crippen molar-refractivity contribution in [2.45, 2.75) is 31.7 Å². The fourth-order valence-corrected chi connectivity index (χ4v) is 3.19. The van der Waals surface area contributed by atoms with Crippen molar-refractivity contribution >= 4 is 15.5 Å². The molecule has 0 saturated carbocycles. The average Bonchev–Trinajstić information content (AvgIpc) is 2.17. The fourth-order valence-electron chi connectivity index (χ4n) is 1.38. The Kier molecular flexibility index (Phi) is 7.97. The van der Waals surface area contributed by atoms with Crippen molar-refractivity contribution in [2.24, 2.45) is 10.9 Å². The Morgan fingerprint density at radius 3 is 2.46 bits per heavy atom. The summed E-state index contributed by atoms with van der Waals surface area (Å²) in [6.45, 7) is 2.16. The molecule has 5 heteroatoms. The second-order valence-corrected chi connectivity index (χ2v) is 5.54. The Morgan fingerprint density at radius 2 is 2.08 bits per heavy atom. The SMILES string of the molecule is CCC(CCC=NN)[SiH](OC)OC. The number of nitrogens with zero attached hydrogens (tertiary/aromatic N) is 1. The summed E-state index contributed by atoms with van der Waals surface area (Å²) < 4.78 is 10.6. The van der Waals surface area contributed by atoms with Crippen molar-refractivity contribution in [2.75, 3.05) is 14.2 Å². The molecule has 0 bridgehead atoms. The summed E-state index contributed by atoms with van der Waals surface area (Å²) in [5, 5.41) is 3.46. The van der Waals surface area contributed by atoms with Crippen molar-refractivity contribution in [3.8, 4) is 0 Å². The third-order valence-electron chi connectivity index (χ3n) is 2.15. The first kappa shape index (κ1) is 12.6. The number of hydrogen-bond acceptors (Lipinski definition) is 4. The van der Waals surface area contributed by atoms with Gasteiger partial charge in [0.05, 0.1) is 0 Å². The van der Waals surface area contributed by atoms with E-state index in [9.17, 15) is 0 Å². The van der Waals surface area contributed by atoms with Gasteiger partial charge in [0.15, 0.2) is 0 Å². The maximum Gasteiger partial charge on any atom is 0.324 e. The van der Waals surface area contributed by atoms with Crippen LogP contribution in [0.15, 0.2) is 5.10 Å². The van der Waals surface area contributed by atoms with Crippen LogP contribution >= 0.6 is 0 Å². The molecule has 0 radical (unpaired) electrons. The minimum atomic E-state index is -1.45. The molecule has 0 aromatic heterocycles. The molecule has 0 aliphatic carbocycles. The van der Waals surface area contributed by atoms with Crippen molar-refractivity contribution in [1.29, 1.82) is 0 Å². The first-order valence-electron chi connectivity index (χ1n) is 4.57. The molecular weight excluding hydrogens is 184 g/mol. The topological polar surface area (TPSA) is 56.8 Å². The molecule has 0 rings (SSSR count). The van der Waals surface area contributed by atoms with E-state index in [1.54, 1.807) is 20.4 Å². The van der Waals surface area contributed by atoms with E-state index in [1.165, 1.54) is 0 Å². The summed E-state index contributed by atoms with van der Waals surface area (Å²) in [6, 6.07) is 0. The molecule has 0 aromatic rings. The van der Waals surface area contributed by atoms with Gasteiger partial charge < -0.3 is 14.7 Å². The fraction of sp³-hybridized carbons (Fsp3) is 0.875. The Hall–Kier alpha value is -0.393. The van der Waals surface area contributed by atoms with Gasteiger partial charge >= 0.3 is 9.28 Å². The van der Waals surface area contributed by atoms with Crippen LogP contribution in [0.4, 0.5) is 0 Å². The van der Waals surface area contributed by atoms with Crippen LogP contribution in [0.2, 0.25) is 5.54 Å². The average molecular weight is 204 g/mol. The predicted octanol–water partition coefficient (Wildman–Crippen LogP) is 1.00. The van der Waals surface area contributed by atoms with Crippen molar-refractivity contribution in [3.63, 3.8) is 0 Å². The molecule has 1 atom stereocenters. The first-order valence-corrected chi connectivity index (χ1v) is 6.18. The summed E-state index contributed by atoms with van der Waals surface area (Å²) >= 11 is 0. The molecule has 0 aromatic carbocycles. The van der Waals surface area contributed by atoms with E-state index in [-0.39, 0.29) is 0 Å². The summed E-state index contributed by atoms with van der Waals surface area (Å²) in [5.74, 6) is 5.02. The second-order valence-electron chi connectivity index (χ2n) is 2.92. The number of rotatable bonds is 7. The molecule has 0 spiro atoms. The van der Waals surface area contributed by atoms with Gasteiger partial charge in [0.2, 0.25) is 0 Å². The van der Waals surface area contributed by atoms with E-state index in [4.69, 9.17) is 14.7 Å². The third-order valence-corrected chi connectivity index (χ3v) is 4.65. The van der Waals surface area contributed by atoms with Gasteiger partial charge in [0, 0.05) is 20.4 Å². The van der Waals surface area contributed by atoms with Crippen molar-refractivity contribution in [3.05, 3.63) is 0 Å². The standard InChI is InChI=1S/C8H20N2O2Si/c1-4-8(6-5-7-10-9)13(11-2)12-3/h7-8,13H,4-6,9H2,1-3H3. The zero-order valence-electron chi connectivity index (χ0n) is 8.69. The largest absolute Gasteiger partial charge is 0.400 e. The van der Waals surface area contributed by atoms with Gasteiger partial charge in [-0.2, -0.15) is 5.10 Å². The van der Waals surface area contributed by atoms with E-state index in [0.717, 1.165) is 19.3 Å². The van der Waals surface area contributed by atoms with Gasteiger partial charge in [-0.05, 0) is 18.4 Å². The Labute approximate surface area is 82.0 Å². The first-order chi connectivity index (χ1) is 6.29. The van der Waals surface area contributed by atoms with Crippen LogP contribution in [-0.2, 0) is 8.85 Å². The lowest BCUT2D eigenvalue weighted by Crippen LogP contribution is -2.26. The van der Waals surface area contributed by atoms with Crippen molar-refractivity contribution < 1.29 is 8.85 Å². The molecule has 78 valence electrons. The minimum Gasteiger partial charge on any atom is -0.400 e. The van der Waals surface area contributed by atoms with Crippen molar-refractivity contribution in [1.82, 2.24) is 0 Å². The molecule has 0 heterocycles. The minimum absolute atomic E-state index is 0.549. The van der Waals surface area contributed by atoms with Crippen LogP contribution in [-0.4, -0.2) is 29.7 Å². The molecule has 0 amide bonds. The number of hydrogen-bond donors (Lipinski definition) is 1. The highest BCUT2D eigenvalue weighted by atomic mass is 28.3. The Bertz CT molecular complexity index is 140. The van der Waals surface area contributed by atoms with Crippen LogP contribution < -0.4 is 5.84 Å². The lowest BCUT2D eigenvalue weighted by Gasteiger charge is -2.20. The molecule has 0 aliphatic heterocycles. The quantitative estimate of drug-likeness (QED) is 0.291. The smallest absolute Gasteiger partial charge is 0.324 e. The highest BCUT2D eigenvalue weighted by molar-refractivity contribution is 6.46. The summed E-state index contributed by atoms with van der Waals surface area (Å²) in [5.41, 5.74) is 0.549. The van der Waals surface area contributed by atoms with Gasteiger partial charge in [-0.3, -0.25) is 0 Å². The Balaban J connectivity index is 3.84. The normalized spacial score (nSPS) is 14.2. The van der Waals surface area contributed by atoms with Gasteiger partial charge in [-0.15, -0.1) is 0 Å². The van der Waals surface area contributed by atoms with Gasteiger partial charge in [0.25, 0.3) is 0 Å². The van der Waals surface area contributed by atoms with E-state index in [2.05, 4.69) is 12.0 Å². The van der Waals surface area contributed by atoms with Gasteiger partial charge in [-0.25, -0.2) is 0 Å². The monoisotopic (exact) mass is 204 g/mol. The zero-order chi connectivity index (χ0) is 10.1. The van der Waals surface area contributed by atoms with E-state index >= 15 is 0 Å². The molecule has 1 unspecified atom stereocenters. The zero-order valence-corrected chi connectivity index (χ0v) is 9.85. The molecule has 13 heavy (non-hydrogen) atoms. The van der Waals surface area contributed by atoms with E-state index in [1.807, 2.05) is 0 Å². The lowest BCUT2D eigenvalue weighted by atomic mass is 10.2. The summed E-state index contributed by atoms with van der Waals surface area (Å²) in [4.78, 5) is 0. The third kappa shape index (κ3) is 5.02. The molecule has 0 saturated heterocycles. The summed E-state index contributed by atoms with van der Waals surface area (Å²) in [6.07, 6.45) is 4.79. The van der Waals surface area contributed by atoms with Gasteiger partial charge in [-0.1, -0.05) is 13.3 Å². The van der Waals surface area contributed by atoms with Crippen LogP contribution in [0.25, 0.3) is 0 Å². The molecular formula is C8H20N2O2Si. The Morgan fingerprint density at radius 1 is 1.46 bits per heavy atom. The lowest BCUT2D eigenvalue weighted by molar-refractivity contribution is 0.261. The molecule has 4 nitrogen and oxygen atoms in total. The second kappa shape index (κ2) is 8.22. The van der Waals surface area contributed by atoms with Crippen LogP contribution in [0.5, 0.6) is 0 Å². The molecule has 2 N–H and O–H groups in total. The maximum atomic E-state index is 5.32. The highest BCUT2D eigenvalue weighted by Gasteiger charge is 2.21. The maximum absolute atomic E-state index is 5.32.